The Labute approximate surface area is 168 Å². The third kappa shape index (κ3) is 3.56. The first-order valence-electron chi connectivity index (χ1n) is 8.14. The maximum atomic E-state index is 13.1. The molecular formula is C19H15Cl2F3N2O2. The Morgan fingerprint density at radius 3 is 2.54 bits per heavy atom. The van der Waals surface area contributed by atoms with E-state index in [-0.39, 0.29) is 22.8 Å². The standard InChI is InChI=1S/C19H15Cl2F3N2O2/c1-9-7-26(17-10(2)25-15(6-12(9)17)19(22,23)24)8-13-14(20)5-4-11(16(13)21)18(27)28-3/h4-7H,8H2,1-3H3. The van der Waals surface area contributed by atoms with E-state index < -0.39 is 17.8 Å². The van der Waals surface area contributed by atoms with Crippen LogP contribution in [0.5, 0.6) is 0 Å². The molecule has 148 valence electrons. The average molecular weight is 431 g/mol. The van der Waals surface area contributed by atoms with Gasteiger partial charge in [-0.15, -0.1) is 0 Å². The largest absolute Gasteiger partial charge is 0.465 e. The fourth-order valence-electron chi connectivity index (χ4n) is 3.15. The van der Waals surface area contributed by atoms with Crippen LogP contribution < -0.4 is 0 Å². The predicted octanol–water partition coefficient (Wildman–Crippen LogP) is 5.81. The first-order valence-corrected chi connectivity index (χ1v) is 8.89. The van der Waals surface area contributed by atoms with E-state index in [4.69, 9.17) is 27.9 Å². The maximum Gasteiger partial charge on any atom is 0.433 e. The number of esters is 1. The number of hydrogen-bond donors (Lipinski definition) is 0. The van der Waals surface area contributed by atoms with Crippen LogP contribution in [-0.4, -0.2) is 22.6 Å². The first kappa shape index (κ1) is 20.5. The molecule has 4 nitrogen and oxygen atoms in total. The van der Waals surface area contributed by atoms with Crippen LogP contribution in [0.4, 0.5) is 13.2 Å². The van der Waals surface area contributed by atoms with E-state index in [9.17, 15) is 18.0 Å². The molecule has 0 fully saturated rings. The second-order valence-corrected chi connectivity index (χ2v) is 7.09. The Hall–Kier alpha value is -2.25. The fraction of sp³-hybridized carbons (Fsp3) is 0.263. The molecule has 2 heterocycles. The molecule has 3 aromatic rings. The van der Waals surface area contributed by atoms with Gasteiger partial charge in [0.1, 0.15) is 5.69 Å². The summed E-state index contributed by atoms with van der Waals surface area (Å²) in [5.41, 5.74) is 1.10. The highest BCUT2D eigenvalue weighted by Crippen LogP contribution is 2.35. The molecule has 0 bridgehead atoms. The summed E-state index contributed by atoms with van der Waals surface area (Å²) in [5, 5.41) is 0.905. The number of aryl methyl sites for hydroxylation is 2. The summed E-state index contributed by atoms with van der Waals surface area (Å²) < 4.78 is 45.7. The highest BCUT2D eigenvalue weighted by Gasteiger charge is 2.33. The van der Waals surface area contributed by atoms with Gasteiger partial charge in [0.2, 0.25) is 0 Å². The molecule has 0 unspecified atom stereocenters. The Balaban J connectivity index is 2.16. The number of aromatic nitrogens is 2. The molecule has 0 amide bonds. The van der Waals surface area contributed by atoms with Crippen molar-refractivity contribution in [2.45, 2.75) is 26.6 Å². The van der Waals surface area contributed by atoms with E-state index in [2.05, 4.69) is 4.98 Å². The SMILES string of the molecule is COC(=O)c1ccc(Cl)c(Cn2cc(C)c3cc(C(F)(F)F)nc(C)c32)c1Cl. The summed E-state index contributed by atoms with van der Waals surface area (Å²) in [4.78, 5) is 15.6. The van der Waals surface area contributed by atoms with Gasteiger partial charge in [-0.2, -0.15) is 13.2 Å². The molecule has 9 heteroatoms. The zero-order valence-electron chi connectivity index (χ0n) is 15.1. The summed E-state index contributed by atoms with van der Waals surface area (Å²) in [6.45, 7) is 3.38. The first-order chi connectivity index (χ1) is 13.0. The van der Waals surface area contributed by atoms with Gasteiger partial charge in [-0.1, -0.05) is 23.2 Å². The predicted molar refractivity (Wildman–Crippen MR) is 101 cm³/mol. The van der Waals surface area contributed by atoms with Crippen LogP contribution in [0.3, 0.4) is 0 Å². The molecule has 0 saturated carbocycles. The molecule has 0 aliphatic heterocycles. The maximum absolute atomic E-state index is 13.1. The molecule has 28 heavy (non-hydrogen) atoms. The van der Waals surface area contributed by atoms with Gasteiger partial charge in [0.05, 0.1) is 35.5 Å². The molecule has 0 saturated heterocycles. The Kier molecular flexibility index (Phi) is 5.34. The molecule has 0 atom stereocenters. The number of fused-ring (bicyclic) bond motifs is 1. The summed E-state index contributed by atoms with van der Waals surface area (Å²) in [6, 6.07) is 4.02. The highest BCUT2D eigenvalue weighted by molar-refractivity contribution is 6.38. The second-order valence-electron chi connectivity index (χ2n) is 6.31. The number of benzene rings is 1. The lowest BCUT2D eigenvalue weighted by atomic mass is 10.1. The van der Waals surface area contributed by atoms with Crippen molar-refractivity contribution in [3.05, 3.63) is 62.5 Å². The van der Waals surface area contributed by atoms with Gasteiger partial charge in [0.15, 0.2) is 0 Å². The number of ether oxygens (including phenoxy) is 1. The van der Waals surface area contributed by atoms with Crippen molar-refractivity contribution in [1.29, 1.82) is 0 Å². The molecule has 0 aliphatic carbocycles. The van der Waals surface area contributed by atoms with Crippen LogP contribution in [0.15, 0.2) is 24.4 Å². The Morgan fingerprint density at radius 2 is 1.93 bits per heavy atom. The minimum atomic E-state index is -4.53. The molecule has 1 aromatic carbocycles. The molecule has 2 aromatic heterocycles. The number of carbonyl (C=O) groups is 1. The van der Waals surface area contributed by atoms with Gasteiger partial charge in [-0.05, 0) is 37.6 Å². The molecular weight excluding hydrogens is 416 g/mol. The van der Waals surface area contributed by atoms with Crippen molar-refractivity contribution in [1.82, 2.24) is 9.55 Å². The number of methoxy groups -OCH3 is 1. The minimum absolute atomic E-state index is 0.136. The minimum Gasteiger partial charge on any atom is -0.465 e. The van der Waals surface area contributed by atoms with E-state index in [1.54, 1.807) is 17.7 Å². The fourth-order valence-corrected chi connectivity index (χ4v) is 3.71. The van der Waals surface area contributed by atoms with E-state index in [1.807, 2.05) is 0 Å². The van der Waals surface area contributed by atoms with Gasteiger partial charge in [-0.25, -0.2) is 9.78 Å². The van der Waals surface area contributed by atoms with Crippen LogP contribution in [0.2, 0.25) is 10.0 Å². The molecule has 0 aliphatic rings. The smallest absolute Gasteiger partial charge is 0.433 e. The molecule has 0 N–H and O–H groups in total. The van der Waals surface area contributed by atoms with Crippen LogP contribution in [0.25, 0.3) is 10.9 Å². The van der Waals surface area contributed by atoms with Gasteiger partial charge in [0.25, 0.3) is 0 Å². The lowest BCUT2D eigenvalue weighted by Crippen LogP contribution is -2.10. The van der Waals surface area contributed by atoms with Crippen molar-refractivity contribution < 1.29 is 22.7 Å². The number of halogens is 5. The van der Waals surface area contributed by atoms with Crippen molar-refractivity contribution in [2.75, 3.05) is 7.11 Å². The van der Waals surface area contributed by atoms with Gasteiger partial charge in [-0.3, -0.25) is 0 Å². The van der Waals surface area contributed by atoms with Crippen LogP contribution in [-0.2, 0) is 17.5 Å². The van der Waals surface area contributed by atoms with Crippen LogP contribution in [0, 0.1) is 13.8 Å². The molecule has 0 spiro atoms. The normalized spacial score (nSPS) is 11.9. The van der Waals surface area contributed by atoms with Crippen molar-refractivity contribution in [3.8, 4) is 0 Å². The third-order valence-electron chi connectivity index (χ3n) is 4.44. The second kappa shape index (κ2) is 7.29. The number of hydrogen-bond acceptors (Lipinski definition) is 3. The van der Waals surface area contributed by atoms with Crippen molar-refractivity contribution in [3.63, 3.8) is 0 Å². The van der Waals surface area contributed by atoms with E-state index in [0.29, 0.717) is 27.1 Å². The number of carbonyl (C=O) groups excluding carboxylic acids is 1. The Morgan fingerprint density at radius 1 is 1.25 bits per heavy atom. The zero-order valence-corrected chi connectivity index (χ0v) is 16.6. The molecule has 0 radical (unpaired) electrons. The number of pyridine rings is 1. The zero-order chi connectivity index (χ0) is 20.8. The van der Waals surface area contributed by atoms with Crippen LogP contribution in [0.1, 0.15) is 32.9 Å². The lowest BCUT2D eigenvalue weighted by molar-refractivity contribution is -0.141. The monoisotopic (exact) mass is 430 g/mol. The lowest BCUT2D eigenvalue weighted by Gasteiger charge is -2.14. The average Bonchev–Trinajstić information content (AvgIpc) is 2.93. The number of rotatable bonds is 3. The number of nitrogens with zero attached hydrogens (tertiary/aromatic N) is 2. The van der Waals surface area contributed by atoms with Gasteiger partial charge < -0.3 is 9.30 Å². The summed E-state index contributed by atoms with van der Waals surface area (Å²) in [5.74, 6) is -0.607. The quantitative estimate of drug-likeness (QED) is 0.492. The molecule has 3 rings (SSSR count). The van der Waals surface area contributed by atoms with Crippen LogP contribution >= 0.6 is 23.2 Å². The van der Waals surface area contributed by atoms with Gasteiger partial charge in [0, 0.05) is 22.2 Å². The van der Waals surface area contributed by atoms with Gasteiger partial charge >= 0.3 is 12.1 Å². The third-order valence-corrected chi connectivity index (χ3v) is 5.22. The summed E-state index contributed by atoms with van der Waals surface area (Å²) in [7, 11) is 1.24. The summed E-state index contributed by atoms with van der Waals surface area (Å²) >= 11 is 12.6. The van der Waals surface area contributed by atoms with Crippen molar-refractivity contribution >= 4 is 40.1 Å². The number of alkyl halides is 3. The van der Waals surface area contributed by atoms with E-state index in [1.165, 1.54) is 26.2 Å². The summed E-state index contributed by atoms with van der Waals surface area (Å²) in [6.07, 6.45) is -2.83. The highest BCUT2D eigenvalue weighted by atomic mass is 35.5. The Bertz CT molecular complexity index is 1090. The van der Waals surface area contributed by atoms with E-state index >= 15 is 0 Å². The van der Waals surface area contributed by atoms with Crippen molar-refractivity contribution in [2.24, 2.45) is 0 Å². The van der Waals surface area contributed by atoms with E-state index in [0.717, 1.165) is 6.07 Å². The topological polar surface area (TPSA) is 44.1 Å².